The van der Waals surface area contributed by atoms with Crippen molar-refractivity contribution < 1.29 is 4.79 Å². The maximum Gasteiger partial charge on any atom is 0.230 e. The van der Waals surface area contributed by atoms with Crippen LogP contribution in [0.5, 0.6) is 0 Å². The van der Waals surface area contributed by atoms with Gasteiger partial charge in [-0.2, -0.15) is 0 Å². The molecule has 0 aliphatic heterocycles. The summed E-state index contributed by atoms with van der Waals surface area (Å²) in [6.07, 6.45) is 4.18. The Labute approximate surface area is 154 Å². The van der Waals surface area contributed by atoms with Crippen LogP contribution in [-0.2, 0) is 4.79 Å². The number of guanidine groups is 1. The summed E-state index contributed by atoms with van der Waals surface area (Å²) in [6.45, 7) is 11.4. The number of nitrogens with one attached hydrogen (secondary N) is 2. The summed E-state index contributed by atoms with van der Waals surface area (Å²) in [5, 5.41) is 6.78. The number of amides is 1. The molecule has 0 unspecified atom stereocenters. The Kier molecular flexibility index (Phi) is 8.69. The third-order valence-electron chi connectivity index (χ3n) is 5.23. The van der Waals surface area contributed by atoms with Gasteiger partial charge in [0.25, 0.3) is 0 Å². The number of nitrogens with zero attached hydrogens (tertiary/aromatic N) is 3. The average Bonchev–Trinajstić information content (AvgIpc) is 3.02. The molecule has 0 aromatic heterocycles. The highest BCUT2D eigenvalue weighted by Gasteiger charge is 2.42. The predicted molar refractivity (Wildman–Crippen MR) is 106 cm³/mol. The summed E-state index contributed by atoms with van der Waals surface area (Å²) >= 11 is 0. The van der Waals surface area contributed by atoms with E-state index in [1.54, 1.807) is 11.9 Å². The van der Waals surface area contributed by atoms with Crippen LogP contribution in [-0.4, -0.2) is 74.5 Å². The molecule has 1 saturated carbocycles. The minimum absolute atomic E-state index is 0.235. The molecule has 0 aromatic rings. The van der Waals surface area contributed by atoms with E-state index in [0.717, 1.165) is 44.7 Å². The molecule has 1 amide bonds. The van der Waals surface area contributed by atoms with Gasteiger partial charge < -0.3 is 15.5 Å². The Morgan fingerprint density at radius 3 is 2.08 bits per heavy atom. The molecule has 1 aliphatic rings. The van der Waals surface area contributed by atoms with Crippen LogP contribution in [0, 0.1) is 5.41 Å². The maximum atomic E-state index is 12.6. The van der Waals surface area contributed by atoms with Crippen molar-refractivity contribution in [2.24, 2.45) is 10.4 Å². The largest absolute Gasteiger partial charge is 0.355 e. The van der Waals surface area contributed by atoms with Crippen LogP contribution in [0.4, 0.5) is 0 Å². The van der Waals surface area contributed by atoms with Crippen molar-refractivity contribution >= 4 is 11.9 Å². The molecule has 25 heavy (non-hydrogen) atoms. The predicted octanol–water partition coefficient (Wildman–Crippen LogP) is 1.92. The monoisotopic (exact) mass is 353 g/mol. The van der Waals surface area contributed by atoms with E-state index in [9.17, 15) is 4.79 Å². The van der Waals surface area contributed by atoms with E-state index < -0.39 is 0 Å². The molecule has 2 N–H and O–H groups in total. The van der Waals surface area contributed by atoms with Gasteiger partial charge in [0.1, 0.15) is 0 Å². The number of carbonyl (C=O) groups is 1. The van der Waals surface area contributed by atoms with Gasteiger partial charge in [0, 0.05) is 52.9 Å². The van der Waals surface area contributed by atoms with E-state index in [1.165, 1.54) is 0 Å². The van der Waals surface area contributed by atoms with Crippen LogP contribution < -0.4 is 10.6 Å². The van der Waals surface area contributed by atoms with Crippen LogP contribution in [0.25, 0.3) is 0 Å². The van der Waals surface area contributed by atoms with Gasteiger partial charge in [-0.25, -0.2) is 0 Å². The highest BCUT2D eigenvalue weighted by Crippen LogP contribution is 2.38. The number of hydrogen-bond acceptors (Lipinski definition) is 3. The molecule has 6 heteroatoms. The highest BCUT2D eigenvalue weighted by atomic mass is 16.2. The molecule has 146 valence electrons. The SMILES string of the molecule is CN=C(NCCN(C(C)C)C(C)C)NCC1(C(=O)N(C)C)CCCC1. The Hall–Kier alpha value is -1.30. The zero-order valence-electron chi connectivity index (χ0n) is 17.4. The molecule has 1 fully saturated rings. The van der Waals surface area contributed by atoms with Crippen LogP contribution in [0.3, 0.4) is 0 Å². The molecular weight excluding hydrogens is 314 g/mol. The minimum atomic E-state index is -0.275. The van der Waals surface area contributed by atoms with E-state index in [4.69, 9.17) is 0 Å². The fourth-order valence-corrected chi connectivity index (χ4v) is 3.88. The Morgan fingerprint density at radius 2 is 1.64 bits per heavy atom. The van der Waals surface area contributed by atoms with Crippen LogP contribution in [0.1, 0.15) is 53.4 Å². The van der Waals surface area contributed by atoms with Gasteiger partial charge in [-0.1, -0.05) is 12.8 Å². The summed E-state index contributed by atoms with van der Waals surface area (Å²) in [6, 6.07) is 1.05. The first-order chi connectivity index (χ1) is 11.7. The molecular formula is C19H39N5O. The molecule has 1 aliphatic carbocycles. The second-order valence-corrected chi connectivity index (χ2v) is 7.96. The van der Waals surface area contributed by atoms with E-state index in [0.29, 0.717) is 18.6 Å². The first-order valence-electron chi connectivity index (χ1n) is 9.65. The number of hydrogen-bond donors (Lipinski definition) is 2. The van der Waals surface area contributed by atoms with Gasteiger partial charge >= 0.3 is 0 Å². The second-order valence-electron chi connectivity index (χ2n) is 7.96. The van der Waals surface area contributed by atoms with Gasteiger partial charge in [0.05, 0.1) is 5.41 Å². The fraction of sp³-hybridized carbons (Fsp3) is 0.895. The smallest absolute Gasteiger partial charge is 0.230 e. The average molecular weight is 354 g/mol. The zero-order chi connectivity index (χ0) is 19.0. The third-order valence-corrected chi connectivity index (χ3v) is 5.23. The molecule has 0 radical (unpaired) electrons. The quantitative estimate of drug-likeness (QED) is 0.517. The lowest BCUT2D eigenvalue weighted by Crippen LogP contribution is -2.50. The first kappa shape index (κ1) is 21.7. The van der Waals surface area contributed by atoms with Gasteiger partial charge in [-0.05, 0) is 40.5 Å². The third kappa shape index (κ3) is 6.17. The van der Waals surface area contributed by atoms with Crippen molar-refractivity contribution in [3.05, 3.63) is 0 Å². The lowest BCUT2D eigenvalue weighted by Gasteiger charge is -2.32. The van der Waals surface area contributed by atoms with Crippen LogP contribution in [0.15, 0.2) is 4.99 Å². The van der Waals surface area contributed by atoms with Crippen LogP contribution >= 0.6 is 0 Å². The molecule has 6 nitrogen and oxygen atoms in total. The van der Waals surface area contributed by atoms with Gasteiger partial charge in [-0.15, -0.1) is 0 Å². The molecule has 0 bridgehead atoms. The van der Waals surface area contributed by atoms with Crippen molar-refractivity contribution in [1.29, 1.82) is 0 Å². The fourth-order valence-electron chi connectivity index (χ4n) is 3.88. The molecule has 0 aromatic carbocycles. The molecule has 0 saturated heterocycles. The summed E-state index contributed by atoms with van der Waals surface area (Å²) in [5.74, 6) is 1.02. The van der Waals surface area contributed by atoms with Gasteiger partial charge in [0.2, 0.25) is 5.91 Å². The molecule has 1 rings (SSSR count). The Morgan fingerprint density at radius 1 is 1.08 bits per heavy atom. The van der Waals surface area contributed by atoms with Gasteiger partial charge in [-0.3, -0.25) is 14.7 Å². The van der Waals surface area contributed by atoms with Crippen LogP contribution in [0.2, 0.25) is 0 Å². The van der Waals surface area contributed by atoms with E-state index in [-0.39, 0.29) is 11.3 Å². The van der Waals surface area contributed by atoms with Crippen molar-refractivity contribution in [2.45, 2.75) is 65.5 Å². The lowest BCUT2D eigenvalue weighted by molar-refractivity contribution is -0.138. The zero-order valence-corrected chi connectivity index (χ0v) is 17.4. The summed E-state index contributed by atoms with van der Waals surface area (Å²) < 4.78 is 0. The molecule has 0 spiro atoms. The normalized spacial score (nSPS) is 17.4. The Bertz CT molecular complexity index is 431. The summed E-state index contributed by atoms with van der Waals surface area (Å²) in [5.41, 5.74) is -0.275. The van der Waals surface area contributed by atoms with E-state index >= 15 is 0 Å². The van der Waals surface area contributed by atoms with Gasteiger partial charge in [0.15, 0.2) is 5.96 Å². The van der Waals surface area contributed by atoms with Crippen molar-refractivity contribution in [1.82, 2.24) is 20.4 Å². The second kappa shape index (κ2) is 10.00. The highest BCUT2D eigenvalue weighted by molar-refractivity contribution is 5.85. The minimum Gasteiger partial charge on any atom is -0.355 e. The Balaban J connectivity index is 2.54. The van der Waals surface area contributed by atoms with Crippen molar-refractivity contribution in [2.75, 3.05) is 40.8 Å². The van der Waals surface area contributed by atoms with Crippen molar-refractivity contribution in [3.8, 4) is 0 Å². The maximum absolute atomic E-state index is 12.6. The number of aliphatic imine (C=N–C) groups is 1. The van der Waals surface area contributed by atoms with Crippen molar-refractivity contribution in [3.63, 3.8) is 0 Å². The number of rotatable bonds is 8. The standard InChI is InChI=1S/C19H39N5O/c1-15(2)24(16(3)4)13-12-21-18(20-5)22-14-19(10-8-9-11-19)17(25)23(6)7/h15-16H,8-14H2,1-7H3,(H2,20,21,22). The summed E-state index contributed by atoms with van der Waals surface area (Å²) in [7, 11) is 5.48. The topological polar surface area (TPSA) is 60.0 Å². The summed E-state index contributed by atoms with van der Waals surface area (Å²) in [4.78, 5) is 21.1. The lowest BCUT2D eigenvalue weighted by atomic mass is 9.84. The molecule has 0 atom stereocenters. The first-order valence-corrected chi connectivity index (χ1v) is 9.65. The van der Waals surface area contributed by atoms with E-state index in [1.807, 2.05) is 14.1 Å². The van der Waals surface area contributed by atoms with E-state index in [2.05, 4.69) is 48.2 Å². The number of carbonyl (C=O) groups excluding carboxylic acids is 1. The molecule has 0 heterocycles.